The lowest BCUT2D eigenvalue weighted by Gasteiger charge is -2.46. The van der Waals surface area contributed by atoms with E-state index in [0.717, 1.165) is 38.5 Å². The van der Waals surface area contributed by atoms with Gasteiger partial charge in [-0.2, -0.15) is 0 Å². The maximum Gasteiger partial charge on any atom is 0.139 e. The molecule has 0 spiro atoms. The Morgan fingerprint density at radius 2 is 2.10 bits per heavy atom. The van der Waals surface area contributed by atoms with Gasteiger partial charge in [-0.05, 0) is 43.6 Å². The predicted octanol–water partition coefficient (Wildman–Crippen LogP) is 4.10. The standard InChI is InChI=1S/C18H22O2/c1-18-9-8-14-13-5-3-12(19)10-11(13)2-4-15(14)16(18)6-7-17(18)20/h3-5,11,14,16,19H,2,6-10H2,1H3/t11?,14?,16?,18-/m0/s1. The summed E-state index contributed by atoms with van der Waals surface area (Å²) in [6.45, 7) is 2.19. The Labute approximate surface area is 120 Å². The van der Waals surface area contributed by atoms with Crippen LogP contribution < -0.4 is 0 Å². The minimum absolute atomic E-state index is 0.0810. The van der Waals surface area contributed by atoms with E-state index < -0.39 is 0 Å². The summed E-state index contributed by atoms with van der Waals surface area (Å²) in [6, 6.07) is 0. The number of aliphatic hydroxyl groups excluding tert-OH is 1. The van der Waals surface area contributed by atoms with Crippen molar-refractivity contribution in [3.05, 3.63) is 35.1 Å². The van der Waals surface area contributed by atoms with Crippen LogP contribution >= 0.6 is 0 Å². The zero-order valence-electron chi connectivity index (χ0n) is 12.1. The number of hydrogen-bond donors (Lipinski definition) is 1. The van der Waals surface area contributed by atoms with Crippen molar-refractivity contribution in [1.29, 1.82) is 0 Å². The number of allylic oxidation sites excluding steroid dienone is 6. The highest BCUT2D eigenvalue weighted by atomic mass is 16.3. The van der Waals surface area contributed by atoms with E-state index in [2.05, 4.69) is 19.1 Å². The number of fused-ring (bicyclic) bond motifs is 5. The highest BCUT2D eigenvalue weighted by molar-refractivity contribution is 5.88. The Kier molecular flexibility index (Phi) is 2.55. The van der Waals surface area contributed by atoms with Crippen LogP contribution in [0.15, 0.2) is 35.1 Å². The van der Waals surface area contributed by atoms with Crippen molar-refractivity contribution >= 4 is 5.78 Å². The summed E-state index contributed by atoms with van der Waals surface area (Å²) in [7, 11) is 0. The first-order valence-electron chi connectivity index (χ1n) is 7.92. The number of Topliss-reactive ketones (excluding diaryl/α,β-unsaturated/α-hetero) is 1. The summed E-state index contributed by atoms with van der Waals surface area (Å²) < 4.78 is 0. The molecule has 0 aromatic heterocycles. The lowest BCUT2D eigenvalue weighted by molar-refractivity contribution is -0.127. The van der Waals surface area contributed by atoms with Gasteiger partial charge in [0.05, 0.1) is 5.76 Å². The Morgan fingerprint density at radius 1 is 1.25 bits per heavy atom. The second-order valence-electron chi connectivity index (χ2n) is 7.19. The quantitative estimate of drug-likeness (QED) is 0.673. The monoisotopic (exact) mass is 270 g/mol. The fraction of sp³-hybridized carbons (Fsp3) is 0.611. The Balaban J connectivity index is 1.73. The van der Waals surface area contributed by atoms with E-state index >= 15 is 0 Å². The van der Waals surface area contributed by atoms with Crippen molar-refractivity contribution in [3.63, 3.8) is 0 Å². The molecule has 20 heavy (non-hydrogen) atoms. The molecule has 0 saturated heterocycles. The maximum absolute atomic E-state index is 12.2. The molecule has 0 bridgehead atoms. The molecule has 0 aromatic carbocycles. The first kappa shape index (κ1) is 12.4. The van der Waals surface area contributed by atoms with E-state index in [1.165, 1.54) is 5.57 Å². The molecule has 0 heterocycles. The van der Waals surface area contributed by atoms with Crippen molar-refractivity contribution in [1.82, 2.24) is 0 Å². The van der Waals surface area contributed by atoms with Crippen LogP contribution in [0.25, 0.3) is 0 Å². The molecule has 2 nitrogen and oxygen atoms in total. The smallest absolute Gasteiger partial charge is 0.139 e. The fourth-order valence-corrected chi connectivity index (χ4v) is 5.08. The number of rotatable bonds is 0. The van der Waals surface area contributed by atoms with Gasteiger partial charge in [-0.25, -0.2) is 0 Å². The van der Waals surface area contributed by atoms with Crippen LogP contribution in [0.5, 0.6) is 0 Å². The number of carbonyl (C=O) groups is 1. The van der Waals surface area contributed by atoms with Gasteiger partial charge in [-0.15, -0.1) is 0 Å². The van der Waals surface area contributed by atoms with Crippen LogP contribution in [0.2, 0.25) is 0 Å². The third kappa shape index (κ3) is 1.54. The summed E-state index contributed by atoms with van der Waals surface area (Å²) in [5.41, 5.74) is 2.98. The van der Waals surface area contributed by atoms with Crippen LogP contribution in [0.1, 0.15) is 45.4 Å². The number of aliphatic hydroxyl groups is 1. The molecule has 1 N–H and O–H groups in total. The molecule has 2 saturated carbocycles. The molecule has 4 atom stereocenters. The zero-order valence-corrected chi connectivity index (χ0v) is 12.1. The van der Waals surface area contributed by atoms with Crippen molar-refractivity contribution < 1.29 is 9.90 Å². The van der Waals surface area contributed by atoms with Crippen LogP contribution in [0.3, 0.4) is 0 Å². The Bertz CT molecular complexity index is 566. The lowest BCUT2D eigenvalue weighted by Crippen LogP contribution is -2.39. The highest BCUT2D eigenvalue weighted by Crippen LogP contribution is 2.58. The molecule has 0 amide bonds. The van der Waals surface area contributed by atoms with Crippen molar-refractivity contribution in [2.75, 3.05) is 0 Å². The van der Waals surface area contributed by atoms with Gasteiger partial charge in [-0.3, -0.25) is 4.79 Å². The molecule has 4 aliphatic rings. The van der Waals surface area contributed by atoms with Crippen molar-refractivity contribution in [2.45, 2.75) is 45.4 Å². The highest BCUT2D eigenvalue weighted by Gasteiger charge is 2.52. The molecule has 4 aliphatic carbocycles. The van der Waals surface area contributed by atoms with Crippen LogP contribution in [-0.2, 0) is 4.79 Å². The third-order valence-electron chi connectivity index (χ3n) is 6.26. The minimum Gasteiger partial charge on any atom is -0.512 e. The maximum atomic E-state index is 12.2. The second-order valence-corrected chi connectivity index (χ2v) is 7.19. The SMILES string of the molecule is C[C@]12CCC3C4=CC=C(O)CC4CC=C3C1CCC2=O. The van der Waals surface area contributed by atoms with E-state index in [1.54, 1.807) is 5.57 Å². The van der Waals surface area contributed by atoms with Gasteiger partial charge in [0.15, 0.2) is 0 Å². The molecular formula is C18H22O2. The Hall–Kier alpha value is -1.31. The lowest BCUT2D eigenvalue weighted by atomic mass is 9.58. The largest absolute Gasteiger partial charge is 0.512 e. The number of ketones is 1. The van der Waals surface area contributed by atoms with Gasteiger partial charge >= 0.3 is 0 Å². The van der Waals surface area contributed by atoms with Crippen LogP contribution in [0.4, 0.5) is 0 Å². The second kappa shape index (κ2) is 4.09. The molecular weight excluding hydrogens is 248 g/mol. The van der Waals surface area contributed by atoms with Gasteiger partial charge < -0.3 is 5.11 Å². The topological polar surface area (TPSA) is 37.3 Å². The Morgan fingerprint density at radius 3 is 2.95 bits per heavy atom. The van der Waals surface area contributed by atoms with E-state index in [0.29, 0.717) is 29.3 Å². The molecule has 2 fully saturated rings. The van der Waals surface area contributed by atoms with Gasteiger partial charge in [0.2, 0.25) is 0 Å². The molecule has 0 aliphatic heterocycles. The first-order valence-corrected chi connectivity index (χ1v) is 7.92. The van der Waals surface area contributed by atoms with Gasteiger partial charge in [-0.1, -0.05) is 30.2 Å². The van der Waals surface area contributed by atoms with Crippen LogP contribution in [0, 0.1) is 23.2 Å². The normalized spacial score (nSPS) is 43.0. The molecule has 3 unspecified atom stereocenters. The van der Waals surface area contributed by atoms with Crippen molar-refractivity contribution in [3.8, 4) is 0 Å². The summed E-state index contributed by atoms with van der Waals surface area (Å²) >= 11 is 0. The molecule has 0 radical (unpaired) electrons. The van der Waals surface area contributed by atoms with Gasteiger partial charge in [0, 0.05) is 24.2 Å². The van der Waals surface area contributed by atoms with E-state index in [-0.39, 0.29) is 5.41 Å². The minimum atomic E-state index is -0.0810. The van der Waals surface area contributed by atoms with E-state index in [4.69, 9.17) is 0 Å². The first-order chi connectivity index (χ1) is 9.59. The average Bonchev–Trinajstić information content (AvgIpc) is 2.74. The third-order valence-corrected chi connectivity index (χ3v) is 6.26. The summed E-state index contributed by atoms with van der Waals surface area (Å²) in [6.07, 6.45) is 12.3. The number of hydrogen-bond acceptors (Lipinski definition) is 2. The molecule has 2 heteroatoms. The van der Waals surface area contributed by atoms with Crippen LogP contribution in [-0.4, -0.2) is 10.9 Å². The summed E-state index contributed by atoms with van der Waals surface area (Å²) in [5.74, 6) is 2.53. The number of carbonyl (C=O) groups excluding carboxylic acids is 1. The average molecular weight is 270 g/mol. The van der Waals surface area contributed by atoms with Gasteiger partial charge in [0.1, 0.15) is 5.78 Å². The molecule has 106 valence electrons. The molecule has 0 aromatic rings. The van der Waals surface area contributed by atoms with E-state index in [9.17, 15) is 9.90 Å². The molecule has 4 rings (SSSR count). The van der Waals surface area contributed by atoms with Gasteiger partial charge in [0.25, 0.3) is 0 Å². The summed E-state index contributed by atoms with van der Waals surface area (Å²) in [4.78, 5) is 12.2. The predicted molar refractivity (Wildman–Crippen MR) is 78.2 cm³/mol. The van der Waals surface area contributed by atoms with E-state index in [1.807, 2.05) is 6.08 Å². The fourth-order valence-electron chi connectivity index (χ4n) is 5.08. The van der Waals surface area contributed by atoms with Crippen molar-refractivity contribution in [2.24, 2.45) is 23.2 Å². The summed E-state index contributed by atoms with van der Waals surface area (Å²) in [5, 5.41) is 9.72. The zero-order chi connectivity index (χ0) is 13.9.